The molecule has 0 amide bonds. The number of ether oxygens (including phenoxy) is 1. The van der Waals surface area contributed by atoms with E-state index in [0.29, 0.717) is 11.5 Å². The second-order valence-electron chi connectivity index (χ2n) is 8.91. The molecule has 0 saturated carbocycles. The summed E-state index contributed by atoms with van der Waals surface area (Å²) < 4.78 is 5.87. The van der Waals surface area contributed by atoms with Gasteiger partial charge in [-0.2, -0.15) is 0 Å². The van der Waals surface area contributed by atoms with Gasteiger partial charge in [0.1, 0.15) is 5.75 Å². The Kier molecular flexibility index (Phi) is 10.4. The van der Waals surface area contributed by atoms with Crippen LogP contribution < -0.4 is 10.5 Å². The van der Waals surface area contributed by atoms with E-state index >= 15 is 0 Å². The highest BCUT2D eigenvalue weighted by molar-refractivity contribution is 6.80. The topological polar surface area (TPSA) is 75.7 Å². The Morgan fingerprint density at radius 2 is 1.58 bits per heavy atom. The molecule has 0 atom stereocenters. The molecule has 4 nitrogen and oxygen atoms in total. The van der Waals surface area contributed by atoms with Crippen molar-refractivity contribution in [3.63, 3.8) is 0 Å². The van der Waals surface area contributed by atoms with Crippen LogP contribution in [0.5, 0.6) is 5.75 Å². The second kappa shape index (κ2) is 10.7. The van der Waals surface area contributed by atoms with Crippen molar-refractivity contribution in [2.24, 2.45) is 5.73 Å². The molecule has 152 valence electrons. The molecule has 0 aliphatic carbocycles. The molecular formula is C20H38ClNO3Si. The molecule has 0 aromatic heterocycles. The van der Waals surface area contributed by atoms with Crippen molar-refractivity contribution in [1.82, 2.24) is 0 Å². The maximum Gasteiger partial charge on any atom is 0.119 e. The highest BCUT2D eigenvalue weighted by Gasteiger charge is 2.34. The fourth-order valence-electron chi connectivity index (χ4n) is 2.43. The van der Waals surface area contributed by atoms with Crippen LogP contribution in [0, 0.1) is 0 Å². The molecule has 26 heavy (non-hydrogen) atoms. The van der Waals surface area contributed by atoms with Crippen molar-refractivity contribution in [2.75, 3.05) is 19.8 Å². The zero-order chi connectivity index (χ0) is 19.1. The van der Waals surface area contributed by atoms with Gasteiger partial charge >= 0.3 is 0 Å². The smallest absolute Gasteiger partial charge is 0.119 e. The van der Waals surface area contributed by atoms with Gasteiger partial charge in [-0.25, -0.2) is 0 Å². The summed E-state index contributed by atoms with van der Waals surface area (Å²) in [4.78, 5) is 0. The third kappa shape index (κ3) is 7.97. The average molecular weight is 404 g/mol. The molecule has 4 N–H and O–H groups in total. The van der Waals surface area contributed by atoms with E-state index < -0.39 is 13.6 Å². The Morgan fingerprint density at radius 3 is 2.04 bits per heavy atom. The van der Waals surface area contributed by atoms with Crippen LogP contribution in [0.2, 0.25) is 24.2 Å². The highest BCUT2D eigenvalue weighted by atomic mass is 35.5. The molecule has 0 aliphatic heterocycles. The summed E-state index contributed by atoms with van der Waals surface area (Å²) >= 11 is 0. The SMILES string of the molecule is CC(C)(C)[Si](C)(C)CCCOc1ccc(CCC(N)(CO)CO)cc1.Cl. The summed E-state index contributed by atoms with van der Waals surface area (Å²) in [6.07, 6.45) is 2.37. The van der Waals surface area contributed by atoms with Crippen LogP contribution in [-0.4, -0.2) is 43.6 Å². The summed E-state index contributed by atoms with van der Waals surface area (Å²) in [7, 11) is -1.22. The molecule has 0 radical (unpaired) electrons. The van der Waals surface area contributed by atoms with Gasteiger partial charge in [-0.15, -0.1) is 12.4 Å². The number of rotatable bonds is 10. The van der Waals surface area contributed by atoms with Crippen LogP contribution in [0.3, 0.4) is 0 Å². The van der Waals surface area contributed by atoms with Gasteiger partial charge in [0.25, 0.3) is 0 Å². The molecule has 0 unspecified atom stereocenters. The maximum absolute atomic E-state index is 9.23. The van der Waals surface area contributed by atoms with E-state index in [1.165, 1.54) is 6.04 Å². The van der Waals surface area contributed by atoms with E-state index in [9.17, 15) is 10.2 Å². The number of aryl methyl sites for hydroxylation is 1. The number of hydrogen-bond acceptors (Lipinski definition) is 4. The van der Waals surface area contributed by atoms with Crippen LogP contribution in [-0.2, 0) is 6.42 Å². The lowest BCUT2D eigenvalue weighted by molar-refractivity contribution is 0.115. The number of benzene rings is 1. The third-order valence-electron chi connectivity index (χ3n) is 5.71. The van der Waals surface area contributed by atoms with Crippen LogP contribution >= 0.6 is 12.4 Å². The van der Waals surface area contributed by atoms with Gasteiger partial charge in [-0.3, -0.25) is 0 Å². The standard InChI is InChI=1S/C20H37NO3Si.ClH/c1-19(2,3)25(4,5)14-6-13-24-18-9-7-17(8-10-18)11-12-20(21,15-22)16-23;/h7-10,22-23H,6,11-16,21H2,1-5H3;1H. The van der Waals surface area contributed by atoms with Gasteiger partial charge in [-0.05, 0) is 42.0 Å². The largest absolute Gasteiger partial charge is 0.494 e. The van der Waals surface area contributed by atoms with E-state index in [1.54, 1.807) is 0 Å². The van der Waals surface area contributed by atoms with E-state index in [4.69, 9.17) is 10.5 Å². The van der Waals surface area contributed by atoms with Crippen LogP contribution in [0.25, 0.3) is 0 Å². The molecule has 0 heterocycles. The fraction of sp³-hybridized carbons (Fsp3) is 0.700. The van der Waals surface area contributed by atoms with Crippen molar-refractivity contribution in [1.29, 1.82) is 0 Å². The minimum absolute atomic E-state index is 0. The van der Waals surface area contributed by atoms with E-state index in [0.717, 1.165) is 30.8 Å². The van der Waals surface area contributed by atoms with Crippen LogP contribution in [0.1, 0.15) is 39.2 Å². The summed E-state index contributed by atoms with van der Waals surface area (Å²) in [5.74, 6) is 0.891. The first kappa shape index (κ1) is 25.4. The van der Waals surface area contributed by atoms with Crippen molar-refractivity contribution in [3.05, 3.63) is 29.8 Å². The third-order valence-corrected chi connectivity index (χ3v) is 11.4. The van der Waals surface area contributed by atoms with Gasteiger partial charge in [0.05, 0.1) is 33.4 Å². The summed E-state index contributed by atoms with van der Waals surface area (Å²) in [5, 5.41) is 18.9. The van der Waals surface area contributed by atoms with E-state index in [1.807, 2.05) is 24.3 Å². The van der Waals surface area contributed by atoms with Gasteiger partial charge in [0, 0.05) is 0 Å². The predicted molar refractivity (Wildman–Crippen MR) is 115 cm³/mol. The first-order valence-electron chi connectivity index (χ1n) is 9.25. The van der Waals surface area contributed by atoms with Crippen LogP contribution in [0.15, 0.2) is 24.3 Å². The monoisotopic (exact) mass is 403 g/mol. The molecule has 0 bridgehead atoms. The molecule has 1 aromatic carbocycles. The molecule has 0 saturated heterocycles. The lowest BCUT2D eigenvalue weighted by atomic mass is 9.94. The Balaban J connectivity index is 0.00000625. The molecule has 0 aliphatic rings. The van der Waals surface area contributed by atoms with Gasteiger partial charge < -0.3 is 20.7 Å². The average Bonchev–Trinajstić information content (AvgIpc) is 2.56. The van der Waals surface area contributed by atoms with E-state index in [-0.39, 0.29) is 25.6 Å². The summed E-state index contributed by atoms with van der Waals surface area (Å²) in [6.45, 7) is 12.3. The van der Waals surface area contributed by atoms with Gasteiger partial charge in [0.15, 0.2) is 0 Å². The number of hydrogen-bond donors (Lipinski definition) is 3. The lowest BCUT2D eigenvalue weighted by Crippen LogP contribution is -2.47. The molecule has 1 aromatic rings. The first-order chi connectivity index (χ1) is 11.5. The zero-order valence-electron chi connectivity index (χ0n) is 17.0. The number of aliphatic hydroxyl groups excluding tert-OH is 2. The Morgan fingerprint density at radius 1 is 1.04 bits per heavy atom. The molecule has 6 heteroatoms. The number of aliphatic hydroxyl groups is 2. The van der Waals surface area contributed by atoms with Crippen molar-refractivity contribution < 1.29 is 14.9 Å². The van der Waals surface area contributed by atoms with Crippen molar-refractivity contribution in [3.8, 4) is 5.75 Å². The summed E-state index contributed by atoms with van der Waals surface area (Å²) in [6, 6.07) is 9.29. The Hall–Kier alpha value is -0.593. The quantitative estimate of drug-likeness (QED) is 0.407. The second-order valence-corrected chi connectivity index (χ2v) is 14.7. The minimum atomic E-state index is -1.22. The predicted octanol–water partition coefficient (Wildman–Crippen LogP) is 4.00. The Bertz CT molecular complexity index is 511. The Labute approximate surface area is 166 Å². The normalized spacial score (nSPS) is 12.6. The van der Waals surface area contributed by atoms with Crippen molar-refractivity contribution in [2.45, 2.75) is 69.7 Å². The minimum Gasteiger partial charge on any atom is -0.494 e. The molecule has 1 rings (SSSR count). The van der Waals surface area contributed by atoms with E-state index in [2.05, 4.69) is 33.9 Å². The first-order valence-corrected chi connectivity index (χ1v) is 12.5. The van der Waals surface area contributed by atoms with Gasteiger partial charge in [0.2, 0.25) is 0 Å². The highest BCUT2D eigenvalue weighted by Crippen LogP contribution is 2.39. The molecule has 0 fully saturated rings. The number of nitrogens with two attached hydrogens (primary N) is 1. The number of halogens is 1. The summed E-state index contributed by atoms with van der Waals surface area (Å²) in [5.41, 5.74) is 6.13. The maximum atomic E-state index is 9.23. The molecular weight excluding hydrogens is 366 g/mol. The molecule has 0 spiro atoms. The fourth-order valence-corrected chi connectivity index (χ4v) is 4.21. The lowest BCUT2D eigenvalue weighted by Gasteiger charge is -2.37. The zero-order valence-corrected chi connectivity index (χ0v) is 18.9. The van der Waals surface area contributed by atoms with Gasteiger partial charge in [-0.1, -0.05) is 52.0 Å². The van der Waals surface area contributed by atoms with Crippen LogP contribution in [0.4, 0.5) is 0 Å². The van der Waals surface area contributed by atoms with Crippen molar-refractivity contribution >= 4 is 20.5 Å².